The maximum absolute atomic E-state index is 12.9. The predicted octanol–water partition coefficient (Wildman–Crippen LogP) is 3.21. The molecule has 0 saturated heterocycles. The summed E-state index contributed by atoms with van der Waals surface area (Å²) >= 11 is 1.19. The van der Waals surface area contributed by atoms with Crippen LogP contribution in [0, 0.1) is 20.8 Å². The maximum atomic E-state index is 12.9. The molecule has 3 aromatic heterocycles. The van der Waals surface area contributed by atoms with Crippen LogP contribution in [0.3, 0.4) is 0 Å². The largest absolute Gasteiger partial charge is 0.310 e. The molecule has 0 aliphatic heterocycles. The molecule has 1 amide bonds. The fourth-order valence-corrected chi connectivity index (χ4v) is 4.21. The lowest BCUT2D eigenvalue weighted by molar-refractivity contribution is -0.113. The highest BCUT2D eigenvalue weighted by molar-refractivity contribution is 7.99. The molecule has 0 saturated carbocycles. The summed E-state index contributed by atoms with van der Waals surface area (Å²) in [6.45, 7) is 9.61. The van der Waals surface area contributed by atoms with E-state index in [1.54, 1.807) is 30.3 Å². The number of anilines is 1. The molecule has 0 atom stereocenters. The van der Waals surface area contributed by atoms with Crippen molar-refractivity contribution in [1.29, 1.82) is 0 Å². The van der Waals surface area contributed by atoms with Crippen LogP contribution in [0.15, 0.2) is 59.0 Å². The zero-order valence-corrected chi connectivity index (χ0v) is 19.4. The third-order valence-electron chi connectivity index (χ3n) is 4.73. The lowest BCUT2D eigenvalue weighted by atomic mass is 10.2. The molecule has 0 aliphatic rings. The number of nitrogens with one attached hydrogen (secondary N) is 1. The van der Waals surface area contributed by atoms with Gasteiger partial charge in [0.2, 0.25) is 5.91 Å². The van der Waals surface area contributed by atoms with Crippen LogP contribution in [0.25, 0.3) is 16.9 Å². The van der Waals surface area contributed by atoms with Gasteiger partial charge in [0.05, 0.1) is 22.3 Å². The van der Waals surface area contributed by atoms with Crippen LogP contribution >= 0.6 is 11.8 Å². The lowest BCUT2D eigenvalue weighted by Crippen LogP contribution is -2.24. The first-order chi connectivity index (χ1) is 15.9. The SMILES string of the molecule is C=CCn1c(SCC(=O)Nc2cc(C)nn2-c2nc(C)cc(C)n2)nc2ccccc2c1=O. The van der Waals surface area contributed by atoms with Crippen LogP contribution in [-0.4, -0.2) is 41.0 Å². The van der Waals surface area contributed by atoms with Gasteiger partial charge in [-0.05, 0) is 39.0 Å². The van der Waals surface area contributed by atoms with E-state index in [9.17, 15) is 9.59 Å². The van der Waals surface area contributed by atoms with Crippen LogP contribution in [0.2, 0.25) is 0 Å². The number of aromatic nitrogens is 6. The van der Waals surface area contributed by atoms with Crippen LogP contribution in [-0.2, 0) is 11.3 Å². The topological polar surface area (TPSA) is 108 Å². The van der Waals surface area contributed by atoms with Crippen molar-refractivity contribution in [3.8, 4) is 5.95 Å². The van der Waals surface area contributed by atoms with Crippen molar-refractivity contribution >= 4 is 34.4 Å². The van der Waals surface area contributed by atoms with E-state index < -0.39 is 0 Å². The summed E-state index contributed by atoms with van der Waals surface area (Å²) in [5.74, 6) is 0.649. The minimum absolute atomic E-state index is 0.0554. The number of aryl methyl sites for hydroxylation is 3. The highest BCUT2D eigenvalue weighted by Gasteiger charge is 2.16. The van der Waals surface area contributed by atoms with Gasteiger partial charge in [0.15, 0.2) is 5.16 Å². The molecule has 33 heavy (non-hydrogen) atoms. The third-order valence-corrected chi connectivity index (χ3v) is 5.71. The zero-order valence-electron chi connectivity index (χ0n) is 18.6. The standard InChI is InChI=1S/C23H23N7O2S/c1-5-10-29-21(32)17-8-6-7-9-18(17)26-23(29)33-13-20(31)27-19-12-16(4)28-30(19)22-24-14(2)11-15(3)25-22/h5-9,11-12H,1,10,13H2,2-4H3,(H,27,31). The highest BCUT2D eigenvalue weighted by atomic mass is 32.2. The first-order valence-electron chi connectivity index (χ1n) is 10.3. The van der Waals surface area contributed by atoms with Gasteiger partial charge in [0.25, 0.3) is 11.5 Å². The number of nitrogens with zero attached hydrogens (tertiary/aromatic N) is 6. The van der Waals surface area contributed by atoms with Gasteiger partial charge in [-0.25, -0.2) is 15.0 Å². The molecular formula is C23H23N7O2S. The Balaban J connectivity index is 1.57. The van der Waals surface area contributed by atoms with Crippen molar-refractivity contribution in [2.24, 2.45) is 0 Å². The van der Waals surface area contributed by atoms with E-state index in [-0.39, 0.29) is 17.2 Å². The van der Waals surface area contributed by atoms with Crippen LogP contribution in [0.4, 0.5) is 5.82 Å². The first kappa shape index (κ1) is 22.4. The van der Waals surface area contributed by atoms with E-state index in [2.05, 4.69) is 31.9 Å². The second-order valence-electron chi connectivity index (χ2n) is 7.49. The molecule has 4 rings (SSSR count). The maximum Gasteiger partial charge on any atom is 0.262 e. The van der Waals surface area contributed by atoms with Crippen LogP contribution < -0.4 is 10.9 Å². The summed E-state index contributed by atoms with van der Waals surface area (Å²) in [6, 6.07) is 10.8. The number of allylic oxidation sites excluding steroid dienone is 1. The van der Waals surface area contributed by atoms with Crippen LogP contribution in [0.5, 0.6) is 0 Å². The third kappa shape index (κ3) is 4.85. The molecular weight excluding hydrogens is 438 g/mol. The van der Waals surface area contributed by atoms with Crippen molar-refractivity contribution in [2.45, 2.75) is 32.5 Å². The van der Waals surface area contributed by atoms with E-state index in [0.29, 0.717) is 34.4 Å². The summed E-state index contributed by atoms with van der Waals surface area (Å²) in [4.78, 5) is 39.1. The van der Waals surface area contributed by atoms with Gasteiger partial charge < -0.3 is 5.32 Å². The number of carbonyl (C=O) groups is 1. The Bertz CT molecular complexity index is 1400. The van der Waals surface area contributed by atoms with Gasteiger partial charge in [-0.2, -0.15) is 9.78 Å². The van der Waals surface area contributed by atoms with E-state index in [1.807, 2.05) is 32.9 Å². The van der Waals surface area contributed by atoms with E-state index in [1.165, 1.54) is 21.0 Å². The molecule has 0 fully saturated rings. The fraction of sp³-hybridized carbons (Fsp3) is 0.217. The number of hydrogen-bond acceptors (Lipinski definition) is 7. The summed E-state index contributed by atoms with van der Waals surface area (Å²) in [5, 5.41) is 8.27. The quantitative estimate of drug-likeness (QED) is 0.256. The Morgan fingerprint density at radius 3 is 2.55 bits per heavy atom. The highest BCUT2D eigenvalue weighted by Crippen LogP contribution is 2.20. The predicted molar refractivity (Wildman–Crippen MR) is 129 cm³/mol. The number of amides is 1. The number of thioether (sulfide) groups is 1. The second-order valence-corrected chi connectivity index (χ2v) is 8.43. The summed E-state index contributed by atoms with van der Waals surface area (Å²) in [5.41, 5.74) is 2.76. The Morgan fingerprint density at radius 2 is 1.82 bits per heavy atom. The molecule has 0 radical (unpaired) electrons. The van der Waals surface area contributed by atoms with Gasteiger partial charge in [-0.15, -0.1) is 6.58 Å². The molecule has 0 bridgehead atoms. The molecule has 3 heterocycles. The smallest absolute Gasteiger partial charge is 0.262 e. The van der Waals surface area contributed by atoms with Gasteiger partial charge in [-0.1, -0.05) is 30.0 Å². The van der Waals surface area contributed by atoms with Crippen molar-refractivity contribution in [3.05, 3.63) is 76.5 Å². The Hall–Kier alpha value is -3.79. The summed E-state index contributed by atoms with van der Waals surface area (Å²) in [6.07, 6.45) is 1.63. The van der Waals surface area contributed by atoms with E-state index in [4.69, 9.17) is 0 Å². The number of hydrogen-bond donors (Lipinski definition) is 1. The van der Waals surface area contributed by atoms with Gasteiger partial charge >= 0.3 is 0 Å². The lowest BCUT2D eigenvalue weighted by Gasteiger charge is -2.12. The van der Waals surface area contributed by atoms with Crippen molar-refractivity contribution in [3.63, 3.8) is 0 Å². The second kappa shape index (κ2) is 9.37. The molecule has 0 spiro atoms. The van der Waals surface area contributed by atoms with Crippen molar-refractivity contribution in [2.75, 3.05) is 11.1 Å². The Labute approximate surface area is 194 Å². The molecule has 1 aromatic carbocycles. The Morgan fingerprint density at radius 1 is 1.09 bits per heavy atom. The minimum atomic E-state index is -0.266. The average molecular weight is 462 g/mol. The number of fused-ring (bicyclic) bond motifs is 1. The number of benzene rings is 1. The minimum Gasteiger partial charge on any atom is -0.310 e. The van der Waals surface area contributed by atoms with E-state index >= 15 is 0 Å². The number of para-hydroxylation sites is 1. The van der Waals surface area contributed by atoms with Crippen molar-refractivity contribution < 1.29 is 4.79 Å². The average Bonchev–Trinajstić information content (AvgIpc) is 3.14. The number of carbonyl (C=O) groups excluding carboxylic acids is 1. The van der Waals surface area contributed by atoms with Crippen LogP contribution in [0.1, 0.15) is 17.1 Å². The molecule has 9 nitrogen and oxygen atoms in total. The normalized spacial score (nSPS) is 11.0. The summed E-state index contributed by atoms with van der Waals surface area (Å²) < 4.78 is 3.03. The van der Waals surface area contributed by atoms with Gasteiger partial charge in [-0.3, -0.25) is 14.2 Å². The molecule has 168 valence electrons. The van der Waals surface area contributed by atoms with Gasteiger partial charge in [0, 0.05) is 24.0 Å². The Kier molecular flexibility index (Phi) is 6.36. The van der Waals surface area contributed by atoms with Gasteiger partial charge in [0.1, 0.15) is 5.82 Å². The monoisotopic (exact) mass is 461 g/mol. The number of rotatable bonds is 7. The van der Waals surface area contributed by atoms with E-state index in [0.717, 1.165) is 17.1 Å². The van der Waals surface area contributed by atoms with Crippen molar-refractivity contribution in [1.82, 2.24) is 29.3 Å². The zero-order chi connectivity index (χ0) is 23.5. The molecule has 10 heteroatoms. The molecule has 0 aliphatic carbocycles. The summed E-state index contributed by atoms with van der Waals surface area (Å²) in [7, 11) is 0. The first-order valence-corrected chi connectivity index (χ1v) is 11.3. The molecule has 1 N–H and O–H groups in total. The molecule has 4 aromatic rings. The fourth-order valence-electron chi connectivity index (χ4n) is 3.40. The molecule has 0 unspecified atom stereocenters.